The number of nitrogens with one attached hydrogen (secondary N) is 2. The van der Waals surface area contributed by atoms with Crippen LogP contribution in [0.15, 0.2) is 42.2 Å². The highest BCUT2D eigenvalue weighted by atomic mass is 35.5. The number of imidazole rings is 1. The van der Waals surface area contributed by atoms with E-state index in [9.17, 15) is 14.7 Å². The van der Waals surface area contributed by atoms with Crippen molar-refractivity contribution < 1.29 is 19.4 Å². The lowest BCUT2D eigenvalue weighted by molar-refractivity contribution is -0.121. The van der Waals surface area contributed by atoms with E-state index in [1.54, 1.807) is 28.8 Å². The second-order valence-corrected chi connectivity index (χ2v) is 6.93. The highest BCUT2D eigenvalue weighted by Gasteiger charge is 2.15. The summed E-state index contributed by atoms with van der Waals surface area (Å²) in [5.41, 5.74) is 0.942. The quantitative estimate of drug-likeness (QED) is 0.398. The van der Waals surface area contributed by atoms with Gasteiger partial charge in [-0.15, -0.1) is 6.58 Å². The number of benzene rings is 1. The van der Waals surface area contributed by atoms with E-state index in [2.05, 4.69) is 22.2 Å². The van der Waals surface area contributed by atoms with Gasteiger partial charge in [0.2, 0.25) is 11.8 Å². The number of nitrogens with zero attached hydrogens (tertiary/aromatic N) is 2. The van der Waals surface area contributed by atoms with Crippen molar-refractivity contribution in [2.24, 2.45) is 0 Å². The number of hydrogen-bond acceptors (Lipinski definition) is 6. The highest BCUT2D eigenvalue weighted by Crippen LogP contribution is 2.28. The van der Waals surface area contributed by atoms with Gasteiger partial charge < -0.3 is 25.0 Å². The molecule has 2 aromatic rings. The summed E-state index contributed by atoms with van der Waals surface area (Å²) in [6.45, 7) is 3.60. The van der Waals surface area contributed by atoms with Gasteiger partial charge in [-0.05, 0) is 18.2 Å². The third-order valence-electron chi connectivity index (χ3n) is 3.58. The van der Waals surface area contributed by atoms with Crippen LogP contribution in [0.5, 0.6) is 5.75 Å². The van der Waals surface area contributed by atoms with E-state index in [4.69, 9.17) is 16.3 Å². The zero-order valence-corrected chi connectivity index (χ0v) is 16.8. The molecule has 0 aliphatic carbocycles. The molecule has 0 fully saturated rings. The molecule has 2 amide bonds. The van der Waals surface area contributed by atoms with Crippen molar-refractivity contribution in [3.63, 3.8) is 0 Å². The number of aliphatic hydroxyl groups is 1. The smallest absolute Gasteiger partial charge is 0.240 e. The van der Waals surface area contributed by atoms with Crippen LogP contribution in [-0.4, -0.2) is 45.9 Å². The molecule has 0 saturated carbocycles. The minimum atomic E-state index is -0.290. The molecule has 1 aromatic heterocycles. The molecule has 28 heavy (non-hydrogen) atoms. The number of carbonyl (C=O) groups excluding carboxylic acids is 2. The zero-order valence-electron chi connectivity index (χ0n) is 15.3. The predicted molar refractivity (Wildman–Crippen MR) is 109 cm³/mol. The predicted octanol–water partition coefficient (Wildman–Crippen LogP) is 2.07. The Balaban J connectivity index is 2.03. The second-order valence-electron chi connectivity index (χ2n) is 5.55. The van der Waals surface area contributed by atoms with Gasteiger partial charge in [-0.25, -0.2) is 4.98 Å². The van der Waals surface area contributed by atoms with E-state index in [1.165, 1.54) is 13.3 Å². The molecule has 0 spiro atoms. The average molecular weight is 425 g/mol. The molecule has 0 aliphatic heterocycles. The minimum absolute atomic E-state index is 0.0181. The second kappa shape index (κ2) is 10.7. The lowest BCUT2D eigenvalue weighted by Gasteiger charge is -2.12. The largest absolute Gasteiger partial charge is 0.495 e. The number of carbonyl (C=O) groups is 2. The molecule has 0 atom stereocenters. The summed E-state index contributed by atoms with van der Waals surface area (Å²) in [6.07, 6.45) is 3.05. The first kappa shape index (κ1) is 21.8. The lowest BCUT2D eigenvalue weighted by Crippen LogP contribution is -2.28. The summed E-state index contributed by atoms with van der Waals surface area (Å²) in [6, 6.07) is 4.92. The SMILES string of the molecule is C=CCNC(=O)Cn1c(CO)cnc1SCC(=O)Nc1cc(Cl)ccc1OC. The Labute approximate surface area is 171 Å². The summed E-state index contributed by atoms with van der Waals surface area (Å²) >= 11 is 7.11. The lowest BCUT2D eigenvalue weighted by atomic mass is 10.3. The third kappa shape index (κ3) is 6.01. The van der Waals surface area contributed by atoms with Crippen LogP contribution in [0.25, 0.3) is 0 Å². The fourth-order valence-electron chi connectivity index (χ4n) is 2.28. The molecule has 0 radical (unpaired) electrons. The van der Waals surface area contributed by atoms with Crippen LogP contribution in [0.2, 0.25) is 5.02 Å². The van der Waals surface area contributed by atoms with Crippen molar-refractivity contribution in [1.29, 1.82) is 0 Å². The Morgan fingerprint density at radius 3 is 2.89 bits per heavy atom. The zero-order chi connectivity index (χ0) is 20.5. The number of thioether (sulfide) groups is 1. The van der Waals surface area contributed by atoms with Crippen molar-refractivity contribution in [2.75, 3.05) is 24.7 Å². The first-order valence-electron chi connectivity index (χ1n) is 8.27. The minimum Gasteiger partial charge on any atom is -0.495 e. The van der Waals surface area contributed by atoms with Gasteiger partial charge in [0.1, 0.15) is 12.3 Å². The molecule has 0 unspecified atom stereocenters. The van der Waals surface area contributed by atoms with Crippen LogP contribution in [0.1, 0.15) is 5.69 Å². The first-order chi connectivity index (χ1) is 13.5. The van der Waals surface area contributed by atoms with Gasteiger partial charge in [0.15, 0.2) is 5.16 Å². The van der Waals surface area contributed by atoms with Crippen LogP contribution < -0.4 is 15.4 Å². The van der Waals surface area contributed by atoms with Gasteiger partial charge in [0, 0.05) is 11.6 Å². The monoisotopic (exact) mass is 424 g/mol. The fourth-order valence-corrected chi connectivity index (χ4v) is 3.25. The highest BCUT2D eigenvalue weighted by molar-refractivity contribution is 7.99. The molecule has 150 valence electrons. The maximum absolute atomic E-state index is 12.3. The van der Waals surface area contributed by atoms with E-state index in [-0.39, 0.29) is 30.7 Å². The molecule has 0 aliphatic rings. The number of amides is 2. The normalized spacial score (nSPS) is 10.4. The number of hydrogen-bond donors (Lipinski definition) is 3. The molecule has 2 rings (SSSR count). The van der Waals surface area contributed by atoms with E-state index in [0.29, 0.717) is 33.9 Å². The maximum atomic E-state index is 12.3. The topological polar surface area (TPSA) is 105 Å². The Kier molecular flexibility index (Phi) is 8.37. The maximum Gasteiger partial charge on any atom is 0.240 e. The molecule has 8 nitrogen and oxygen atoms in total. The van der Waals surface area contributed by atoms with E-state index in [1.807, 2.05) is 0 Å². The van der Waals surface area contributed by atoms with Gasteiger partial charge in [-0.3, -0.25) is 9.59 Å². The summed E-state index contributed by atoms with van der Waals surface area (Å²) in [4.78, 5) is 28.5. The van der Waals surface area contributed by atoms with Crippen molar-refractivity contribution in [1.82, 2.24) is 14.9 Å². The van der Waals surface area contributed by atoms with Gasteiger partial charge in [0.25, 0.3) is 0 Å². The van der Waals surface area contributed by atoms with Crippen LogP contribution in [0, 0.1) is 0 Å². The number of rotatable bonds is 10. The number of aliphatic hydroxyl groups excluding tert-OH is 1. The van der Waals surface area contributed by atoms with Crippen LogP contribution >= 0.6 is 23.4 Å². The Bertz CT molecular complexity index is 856. The standard InChI is InChI=1S/C18H21ClN4O4S/c1-3-6-20-16(25)9-23-13(10-24)8-21-18(23)28-11-17(26)22-14-7-12(19)4-5-15(14)27-2/h3-5,7-8,24H,1,6,9-11H2,2H3,(H,20,25)(H,22,26). The molecule has 0 bridgehead atoms. The molecule has 1 heterocycles. The summed E-state index contributed by atoms with van der Waals surface area (Å²) < 4.78 is 6.77. The summed E-state index contributed by atoms with van der Waals surface area (Å²) in [7, 11) is 1.50. The molecular formula is C18H21ClN4O4S. The van der Waals surface area contributed by atoms with Crippen molar-refractivity contribution >= 4 is 40.9 Å². The number of anilines is 1. The van der Waals surface area contributed by atoms with Gasteiger partial charge in [-0.1, -0.05) is 29.4 Å². The van der Waals surface area contributed by atoms with Crippen LogP contribution in [0.3, 0.4) is 0 Å². The number of methoxy groups -OCH3 is 1. The van der Waals surface area contributed by atoms with Gasteiger partial charge in [0.05, 0.1) is 37.0 Å². The Hall–Kier alpha value is -2.49. The molecular weight excluding hydrogens is 404 g/mol. The van der Waals surface area contributed by atoms with Crippen molar-refractivity contribution in [3.8, 4) is 5.75 Å². The Morgan fingerprint density at radius 2 is 2.21 bits per heavy atom. The van der Waals surface area contributed by atoms with E-state index < -0.39 is 0 Å². The summed E-state index contributed by atoms with van der Waals surface area (Å²) in [5, 5.41) is 15.8. The number of ether oxygens (including phenoxy) is 1. The van der Waals surface area contributed by atoms with Gasteiger partial charge >= 0.3 is 0 Å². The van der Waals surface area contributed by atoms with E-state index >= 15 is 0 Å². The number of aromatic nitrogens is 2. The third-order valence-corrected chi connectivity index (χ3v) is 4.80. The number of halogens is 1. The van der Waals surface area contributed by atoms with Crippen LogP contribution in [-0.2, 0) is 22.7 Å². The van der Waals surface area contributed by atoms with Gasteiger partial charge in [-0.2, -0.15) is 0 Å². The molecule has 1 aromatic carbocycles. The van der Waals surface area contributed by atoms with Crippen molar-refractivity contribution in [3.05, 3.63) is 47.8 Å². The average Bonchev–Trinajstić information content (AvgIpc) is 3.06. The first-order valence-corrected chi connectivity index (χ1v) is 9.63. The molecule has 3 N–H and O–H groups in total. The summed E-state index contributed by atoms with van der Waals surface area (Å²) in [5.74, 6) is 0.00119. The fraction of sp³-hybridized carbons (Fsp3) is 0.278. The van der Waals surface area contributed by atoms with Crippen molar-refractivity contribution in [2.45, 2.75) is 18.3 Å². The Morgan fingerprint density at radius 1 is 1.43 bits per heavy atom. The molecule has 0 saturated heterocycles. The van der Waals surface area contributed by atoms with Crippen LogP contribution in [0.4, 0.5) is 5.69 Å². The van der Waals surface area contributed by atoms with E-state index in [0.717, 1.165) is 11.8 Å². The molecule has 10 heteroatoms.